The summed E-state index contributed by atoms with van der Waals surface area (Å²) in [5.41, 5.74) is 1.18. The summed E-state index contributed by atoms with van der Waals surface area (Å²) in [7, 11) is 3.46. The van der Waals surface area contributed by atoms with Crippen molar-refractivity contribution in [2.45, 2.75) is 23.5 Å². The Morgan fingerprint density at radius 2 is 2.17 bits per heavy atom. The van der Waals surface area contributed by atoms with Gasteiger partial charge in [0.25, 0.3) is 0 Å². The van der Waals surface area contributed by atoms with Crippen LogP contribution in [0.2, 0.25) is 0 Å². The normalized spacial score (nSPS) is 12.6. The van der Waals surface area contributed by atoms with E-state index in [-0.39, 0.29) is 11.2 Å². The van der Waals surface area contributed by atoms with E-state index >= 15 is 0 Å². The number of nitrogens with zero attached hydrogens (tertiary/aromatic N) is 1. The van der Waals surface area contributed by atoms with E-state index in [1.807, 2.05) is 26.1 Å². The molecule has 0 N–H and O–H groups in total. The number of benzene rings is 1. The summed E-state index contributed by atoms with van der Waals surface area (Å²) in [6, 6.07) is 8.21. The highest BCUT2D eigenvalue weighted by Crippen LogP contribution is 2.33. The Kier molecular flexibility index (Phi) is 3.97. The van der Waals surface area contributed by atoms with E-state index < -0.39 is 0 Å². The van der Waals surface area contributed by atoms with E-state index in [4.69, 9.17) is 4.74 Å². The Bertz CT molecular complexity index is 562. The Balaban J connectivity index is 2.34. The molecule has 0 amide bonds. The van der Waals surface area contributed by atoms with Gasteiger partial charge in [0.15, 0.2) is 0 Å². The van der Waals surface area contributed by atoms with Gasteiger partial charge in [0, 0.05) is 29.0 Å². The number of carbonyl (C=O) groups is 1. The number of aromatic nitrogens is 1. The fraction of sp³-hybridized carbons (Fsp3) is 0.357. The largest absolute Gasteiger partial charge is 0.468 e. The van der Waals surface area contributed by atoms with Crippen molar-refractivity contribution in [3.8, 4) is 0 Å². The topological polar surface area (TPSA) is 31.2 Å². The van der Waals surface area contributed by atoms with Gasteiger partial charge in [-0.15, -0.1) is 11.8 Å². The number of methoxy groups -OCH3 is 1. The molecule has 1 aromatic heterocycles. The number of rotatable bonds is 4. The lowest BCUT2D eigenvalue weighted by Crippen LogP contribution is -2.17. The van der Waals surface area contributed by atoms with Crippen LogP contribution in [-0.2, 0) is 16.6 Å². The maximum absolute atomic E-state index is 11.6. The zero-order valence-electron chi connectivity index (χ0n) is 10.8. The molecule has 2 aromatic rings. The lowest BCUT2D eigenvalue weighted by molar-refractivity contribution is -0.140. The number of thioether (sulfide) groups is 1. The zero-order chi connectivity index (χ0) is 13.1. The average Bonchev–Trinajstić information content (AvgIpc) is 2.72. The number of esters is 1. The Morgan fingerprint density at radius 3 is 2.83 bits per heavy atom. The summed E-state index contributed by atoms with van der Waals surface area (Å²) in [5, 5.41) is 1.05. The van der Waals surface area contributed by atoms with Crippen molar-refractivity contribution in [3.05, 3.63) is 30.5 Å². The summed E-state index contributed by atoms with van der Waals surface area (Å²) in [6.07, 6.45) is 2.83. The first-order valence-corrected chi connectivity index (χ1v) is 6.84. The van der Waals surface area contributed by atoms with Crippen LogP contribution in [0.3, 0.4) is 0 Å². The molecule has 1 atom stereocenters. The van der Waals surface area contributed by atoms with Crippen molar-refractivity contribution in [1.82, 2.24) is 4.57 Å². The van der Waals surface area contributed by atoms with Crippen LogP contribution < -0.4 is 0 Å². The summed E-state index contributed by atoms with van der Waals surface area (Å²) >= 11 is 1.58. The van der Waals surface area contributed by atoms with Crippen molar-refractivity contribution >= 4 is 28.6 Å². The molecule has 0 radical (unpaired) electrons. The Morgan fingerprint density at radius 1 is 1.44 bits per heavy atom. The van der Waals surface area contributed by atoms with Crippen LogP contribution in [0.25, 0.3) is 10.9 Å². The van der Waals surface area contributed by atoms with Crippen LogP contribution in [-0.4, -0.2) is 22.9 Å². The lowest BCUT2D eigenvalue weighted by Gasteiger charge is -2.10. The standard InChI is InChI=1S/C14H17NO2S/c1-4-12(14(16)17-3)18-13-9-15(2)11-8-6-5-7-10(11)13/h5-9,12H,4H2,1-3H3. The summed E-state index contributed by atoms with van der Waals surface area (Å²) in [4.78, 5) is 12.8. The van der Waals surface area contributed by atoms with Crippen LogP contribution >= 0.6 is 11.8 Å². The van der Waals surface area contributed by atoms with Gasteiger partial charge in [0.1, 0.15) is 5.25 Å². The maximum Gasteiger partial charge on any atom is 0.319 e. The molecule has 4 heteroatoms. The molecule has 0 aliphatic carbocycles. The predicted molar refractivity (Wildman–Crippen MR) is 74.9 cm³/mol. The predicted octanol–water partition coefficient (Wildman–Crippen LogP) is 3.22. The van der Waals surface area contributed by atoms with Crippen molar-refractivity contribution in [3.63, 3.8) is 0 Å². The number of fused-ring (bicyclic) bond motifs is 1. The second-order valence-corrected chi connectivity index (χ2v) is 5.40. The molecule has 96 valence electrons. The second kappa shape index (κ2) is 5.48. The number of hydrogen-bond acceptors (Lipinski definition) is 3. The number of aryl methyl sites for hydroxylation is 1. The molecular formula is C14H17NO2S. The van der Waals surface area contributed by atoms with Crippen molar-refractivity contribution in [2.75, 3.05) is 7.11 Å². The second-order valence-electron chi connectivity index (χ2n) is 4.16. The molecule has 0 saturated carbocycles. The number of para-hydroxylation sites is 1. The van der Waals surface area contributed by atoms with Gasteiger partial charge in [0.2, 0.25) is 0 Å². The Hall–Kier alpha value is -1.42. The van der Waals surface area contributed by atoms with Gasteiger partial charge in [-0.25, -0.2) is 0 Å². The third-order valence-corrected chi connectivity index (χ3v) is 4.35. The van der Waals surface area contributed by atoms with E-state index in [1.165, 1.54) is 18.0 Å². The quantitative estimate of drug-likeness (QED) is 0.627. The van der Waals surface area contributed by atoms with Gasteiger partial charge in [-0.05, 0) is 12.5 Å². The van der Waals surface area contributed by atoms with Crippen LogP contribution in [0.5, 0.6) is 0 Å². The molecule has 0 fully saturated rings. The minimum absolute atomic E-state index is 0.138. The molecule has 0 saturated heterocycles. The van der Waals surface area contributed by atoms with Gasteiger partial charge in [-0.2, -0.15) is 0 Å². The minimum atomic E-state index is -0.157. The molecule has 1 unspecified atom stereocenters. The molecule has 0 aliphatic rings. The van der Waals surface area contributed by atoms with Gasteiger partial charge in [-0.1, -0.05) is 25.1 Å². The number of hydrogen-bond donors (Lipinski definition) is 0. The zero-order valence-corrected chi connectivity index (χ0v) is 11.7. The third kappa shape index (κ3) is 2.38. The highest BCUT2D eigenvalue weighted by molar-refractivity contribution is 8.00. The molecule has 0 spiro atoms. The van der Waals surface area contributed by atoms with E-state index in [0.717, 1.165) is 11.3 Å². The maximum atomic E-state index is 11.6. The summed E-state index contributed by atoms with van der Waals surface area (Å²) < 4.78 is 6.91. The fourth-order valence-corrected chi connectivity index (χ4v) is 3.17. The molecule has 2 rings (SSSR count). The highest BCUT2D eigenvalue weighted by Gasteiger charge is 2.20. The smallest absolute Gasteiger partial charge is 0.319 e. The summed E-state index contributed by atoms with van der Waals surface area (Å²) in [6.45, 7) is 2.00. The minimum Gasteiger partial charge on any atom is -0.468 e. The first-order chi connectivity index (χ1) is 8.67. The van der Waals surface area contributed by atoms with Gasteiger partial charge >= 0.3 is 5.97 Å². The van der Waals surface area contributed by atoms with E-state index in [0.29, 0.717) is 0 Å². The molecule has 0 bridgehead atoms. The number of ether oxygens (including phenoxy) is 1. The number of carbonyl (C=O) groups excluding carboxylic acids is 1. The van der Waals surface area contributed by atoms with Crippen LogP contribution in [0.4, 0.5) is 0 Å². The third-order valence-electron chi connectivity index (χ3n) is 2.96. The average molecular weight is 263 g/mol. The highest BCUT2D eigenvalue weighted by atomic mass is 32.2. The molecular weight excluding hydrogens is 246 g/mol. The van der Waals surface area contributed by atoms with Crippen molar-refractivity contribution in [1.29, 1.82) is 0 Å². The molecule has 0 aliphatic heterocycles. The van der Waals surface area contributed by atoms with E-state index in [1.54, 1.807) is 11.8 Å². The first kappa shape index (κ1) is 13.0. The monoisotopic (exact) mass is 263 g/mol. The van der Waals surface area contributed by atoms with Crippen LogP contribution in [0.15, 0.2) is 35.4 Å². The molecule has 1 heterocycles. The van der Waals surface area contributed by atoms with Gasteiger partial charge in [-0.3, -0.25) is 4.79 Å². The van der Waals surface area contributed by atoms with Crippen LogP contribution in [0, 0.1) is 0 Å². The van der Waals surface area contributed by atoms with Gasteiger partial charge in [0.05, 0.1) is 7.11 Å². The SMILES string of the molecule is CCC(Sc1cn(C)c2ccccc12)C(=O)OC. The van der Waals surface area contributed by atoms with Crippen LogP contribution in [0.1, 0.15) is 13.3 Å². The lowest BCUT2D eigenvalue weighted by atomic mass is 10.2. The van der Waals surface area contributed by atoms with E-state index in [9.17, 15) is 4.79 Å². The molecule has 3 nitrogen and oxygen atoms in total. The Labute approximate surface area is 111 Å². The van der Waals surface area contributed by atoms with Crippen molar-refractivity contribution < 1.29 is 9.53 Å². The fourth-order valence-electron chi connectivity index (χ4n) is 1.98. The first-order valence-electron chi connectivity index (χ1n) is 5.96. The van der Waals surface area contributed by atoms with Gasteiger partial charge < -0.3 is 9.30 Å². The molecule has 1 aromatic carbocycles. The van der Waals surface area contributed by atoms with Crippen molar-refractivity contribution in [2.24, 2.45) is 7.05 Å². The molecule has 18 heavy (non-hydrogen) atoms. The van der Waals surface area contributed by atoms with E-state index in [2.05, 4.69) is 22.9 Å². The summed E-state index contributed by atoms with van der Waals surface area (Å²) in [5.74, 6) is -0.157.